The minimum atomic E-state index is 0.475. The Labute approximate surface area is 72.5 Å². The lowest BCUT2D eigenvalue weighted by molar-refractivity contribution is 0.391. The van der Waals surface area contributed by atoms with Crippen LogP contribution in [0.25, 0.3) is 0 Å². The fourth-order valence-electron chi connectivity index (χ4n) is 2.60. The van der Waals surface area contributed by atoms with Crippen molar-refractivity contribution in [3.63, 3.8) is 0 Å². The first-order valence-corrected chi connectivity index (χ1v) is 4.72. The summed E-state index contributed by atoms with van der Waals surface area (Å²) in [7, 11) is 0. The molecule has 0 aromatic rings. The number of thiocarbonyl (C=S) groups is 1. The molecular formula is C8H14N2S. The molecule has 2 saturated carbocycles. The van der Waals surface area contributed by atoms with Crippen molar-refractivity contribution in [1.29, 1.82) is 0 Å². The maximum atomic E-state index is 5.42. The zero-order valence-corrected chi connectivity index (χ0v) is 7.36. The summed E-state index contributed by atoms with van der Waals surface area (Å²) in [6, 6.07) is 0.603. The van der Waals surface area contributed by atoms with E-state index in [9.17, 15) is 0 Å². The fourth-order valence-corrected chi connectivity index (χ4v) is 2.76. The van der Waals surface area contributed by atoms with E-state index in [4.69, 9.17) is 18.0 Å². The minimum absolute atomic E-state index is 0.475. The van der Waals surface area contributed by atoms with Gasteiger partial charge in [-0.3, -0.25) is 0 Å². The third kappa shape index (κ3) is 1.34. The van der Waals surface area contributed by atoms with Crippen LogP contribution in [-0.2, 0) is 0 Å². The van der Waals surface area contributed by atoms with E-state index < -0.39 is 0 Å². The Hall–Kier alpha value is -0.310. The van der Waals surface area contributed by atoms with Gasteiger partial charge in [-0.05, 0) is 43.3 Å². The van der Waals surface area contributed by atoms with E-state index in [1.54, 1.807) is 0 Å². The monoisotopic (exact) mass is 170 g/mol. The normalized spacial score (nSPS) is 40.9. The Morgan fingerprint density at radius 1 is 1.36 bits per heavy atom. The first-order chi connectivity index (χ1) is 5.25. The summed E-state index contributed by atoms with van der Waals surface area (Å²) in [4.78, 5) is 0. The number of nitrogens with one attached hydrogen (secondary N) is 1. The second kappa shape index (κ2) is 2.63. The molecule has 0 aromatic heterocycles. The highest BCUT2D eigenvalue weighted by molar-refractivity contribution is 7.80. The van der Waals surface area contributed by atoms with Crippen LogP contribution in [-0.4, -0.2) is 11.2 Å². The van der Waals surface area contributed by atoms with Gasteiger partial charge >= 0.3 is 0 Å². The topological polar surface area (TPSA) is 38.0 Å². The maximum Gasteiger partial charge on any atom is 0.163 e. The average Bonchev–Trinajstić information content (AvgIpc) is 2.45. The fraction of sp³-hybridized carbons (Fsp3) is 0.875. The van der Waals surface area contributed by atoms with Crippen molar-refractivity contribution in [2.24, 2.45) is 17.6 Å². The smallest absolute Gasteiger partial charge is 0.163 e. The summed E-state index contributed by atoms with van der Waals surface area (Å²) >= 11 is 4.81. The SMILES string of the molecule is NC(=S)N[C@H]1C[C@@H]2CC[C@H]1C2. The molecule has 0 saturated heterocycles. The van der Waals surface area contributed by atoms with Crippen molar-refractivity contribution in [3.8, 4) is 0 Å². The molecule has 3 atom stereocenters. The summed E-state index contributed by atoms with van der Waals surface area (Å²) in [5, 5.41) is 3.66. The van der Waals surface area contributed by atoms with E-state index in [2.05, 4.69) is 5.32 Å². The zero-order chi connectivity index (χ0) is 7.84. The summed E-state index contributed by atoms with van der Waals surface area (Å²) in [5.41, 5.74) is 5.42. The summed E-state index contributed by atoms with van der Waals surface area (Å²) < 4.78 is 0. The van der Waals surface area contributed by atoms with Gasteiger partial charge in [-0.15, -0.1) is 0 Å². The molecule has 3 N–H and O–H groups in total. The highest BCUT2D eigenvalue weighted by Crippen LogP contribution is 2.44. The van der Waals surface area contributed by atoms with Crippen molar-refractivity contribution < 1.29 is 0 Å². The van der Waals surface area contributed by atoms with Gasteiger partial charge in [-0.1, -0.05) is 6.42 Å². The van der Waals surface area contributed by atoms with Crippen LogP contribution in [0, 0.1) is 11.8 Å². The number of rotatable bonds is 1. The quantitative estimate of drug-likeness (QED) is 0.577. The van der Waals surface area contributed by atoms with E-state index >= 15 is 0 Å². The van der Waals surface area contributed by atoms with Gasteiger partial charge in [-0.25, -0.2) is 0 Å². The Balaban J connectivity index is 1.92. The van der Waals surface area contributed by atoms with E-state index in [0.717, 1.165) is 11.8 Å². The predicted molar refractivity (Wildman–Crippen MR) is 49.2 cm³/mol. The van der Waals surface area contributed by atoms with E-state index in [-0.39, 0.29) is 0 Å². The largest absolute Gasteiger partial charge is 0.376 e. The lowest BCUT2D eigenvalue weighted by atomic mass is 9.96. The Kier molecular flexibility index (Phi) is 1.75. The van der Waals surface area contributed by atoms with Gasteiger partial charge < -0.3 is 11.1 Å². The Morgan fingerprint density at radius 3 is 2.64 bits per heavy atom. The molecule has 2 aliphatic carbocycles. The lowest BCUT2D eigenvalue weighted by Crippen LogP contribution is -2.41. The molecule has 62 valence electrons. The van der Waals surface area contributed by atoms with Crippen LogP contribution in [0.2, 0.25) is 0 Å². The number of fused-ring (bicyclic) bond motifs is 2. The van der Waals surface area contributed by atoms with Crippen LogP contribution >= 0.6 is 12.2 Å². The second-order valence-electron chi connectivity index (χ2n) is 3.79. The molecule has 2 aliphatic rings. The minimum Gasteiger partial charge on any atom is -0.376 e. The summed E-state index contributed by atoms with van der Waals surface area (Å²) in [6.07, 6.45) is 5.51. The standard InChI is InChI=1S/C8H14N2S/c9-8(11)10-7-4-5-1-2-6(7)3-5/h5-7H,1-4H2,(H3,9,10,11)/t5-,6+,7+/m1/s1. The van der Waals surface area contributed by atoms with Crippen molar-refractivity contribution in [2.75, 3.05) is 0 Å². The molecule has 0 heterocycles. The van der Waals surface area contributed by atoms with Crippen molar-refractivity contribution in [3.05, 3.63) is 0 Å². The summed E-state index contributed by atoms with van der Waals surface area (Å²) in [5.74, 6) is 1.83. The predicted octanol–water partition coefficient (Wildman–Crippen LogP) is 1.01. The molecule has 2 nitrogen and oxygen atoms in total. The van der Waals surface area contributed by atoms with Gasteiger partial charge in [0.15, 0.2) is 5.11 Å². The third-order valence-electron chi connectivity index (χ3n) is 3.07. The van der Waals surface area contributed by atoms with Gasteiger partial charge in [0, 0.05) is 6.04 Å². The van der Waals surface area contributed by atoms with Crippen LogP contribution in [0.3, 0.4) is 0 Å². The van der Waals surface area contributed by atoms with Crippen molar-refractivity contribution in [1.82, 2.24) is 5.32 Å². The molecule has 0 spiro atoms. The molecule has 0 amide bonds. The molecule has 11 heavy (non-hydrogen) atoms. The van der Waals surface area contributed by atoms with E-state index in [0.29, 0.717) is 11.2 Å². The number of hydrogen-bond donors (Lipinski definition) is 2. The van der Waals surface area contributed by atoms with Gasteiger partial charge in [-0.2, -0.15) is 0 Å². The van der Waals surface area contributed by atoms with Crippen LogP contribution < -0.4 is 11.1 Å². The van der Waals surface area contributed by atoms with Crippen LogP contribution in [0.1, 0.15) is 25.7 Å². The lowest BCUT2D eigenvalue weighted by Gasteiger charge is -2.22. The first kappa shape index (κ1) is 7.35. The van der Waals surface area contributed by atoms with Gasteiger partial charge in [0.05, 0.1) is 0 Å². The molecule has 0 unspecified atom stereocenters. The summed E-state index contributed by atoms with van der Waals surface area (Å²) in [6.45, 7) is 0. The molecular weight excluding hydrogens is 156 g/mol. The third-order valence-corrected chi connectivity index (χ3v) is 3.18. The maximum absolute atomic E-state index is 5.42. The van der Waals surface area contributed by atoms with E-state index in [1.807, 2.05) is 0 Å². The molecule has 2 rings (SSSR count). The van der Waals surface area contributed by atoms with Gasteiger partial charge in [0.1, 0.15) is 0 Å². The highest BCUT2D eigenvalue weighted by atomic mass is 32.1. The van der Waals surface area contributed by atoms with Crippen molar-refractivity contribution in [2.45, 2.75) is 31.7 Å². The van der Waals surface area contributed by atoms with Gasteiger partial charge in [0.2, 0.25) is 0 Å². The van der Waals surface area contributed by atoms with Gasteiger partial charge in [0.25, 0.3) is 0 Å². The van der Waals surface area contributed by atoms with Crippen molar-refractivity contribution >= 4 is 17.3 Å². The molecule has 0 radical (unpaired) electrons. The second-order valence-corrected chi connectivity index (χ2v) is 4.23. The highest BCUT2D eigenvalue weighted by Gasteiger charge is 2.39. The zero-order valence-electron chi connectivity index (χ0n) is 6.55. The number of hydrogen-bond acceptors (Lipinski definition) is 1. The average molecular weight is 170 g/mol. The molecule has 2 fully saturated rings. The Morgan fingerprint density at radius 2 is 2.18 bits per heavy atom. The van der Waals surface area contributed by atoms with Crippen LogP contribution in [0.4, 0.5) is 0 Å². The Bertz CT molecular complexity index is 181. The molecule has 2 bridgehead atoms. The molecule has 3 heteroatoms. The van der Waals surface area contributed by atoms with Crippen LogP contribution in [0.15, 0.2) is 0 Å². The first-order valence-electron chi connectivity index (χ1n) is 4.31. The number of nitrogens with two attached hydrogens (primary N) is 1. The molecule has 0 aliphatic heterocycles. The van der Waals surface area contributed by atoms with E-state index in [1.165, 1.54) is 25.7 Å². The van der Waals surface area contributed by atoms with Crippen LogP contribution in [0.5, 0.6) is 0 Å². The molecule has 0 aromatic carbocycles.